The van der Waals surface area contributed by atoms with Gasteiger partial charge in [0.15, 0.2) is 0 Å². The number of hydrogen-bond acceptors (Lipinski definition) is 5. The van der Waals surface area contributed by atoms with E-state index in [0.717, 1.165) is 49.2 Å². The first kappa shape index (κ1) is 28.0. The number of carbonyl (C=O) groups excluding carboxylic acids is 3. The highest BCUT2D eigenvalue weighted by atomic mass is 16.2. The Labute approximate surface area is 219 Å². The number of nitrogens with two attached hydrogens (primary N) is 1. The van der Waals surface area contributed by atoms with Gasteiger partial charge in [0.05, 0.1) is 18.2 Å². The van der Waals surface area contributed by atoms with Crippen LogP contribution < -0.4 is 26.6 Å². The Morgan fingerprint density at radius 1 is 1.22 bits per heavy atom. The predicted octanol–water partition coefficient (Wildman–Crippen LogP) is 3.90. The molecule has 4 amide bonds. The molecule has 0 spiro atoms. The van der Waals surface area contributed by atoms with Crippen LogP contribution in [0.4, 0.5) is 16.2 Å². The summed E-state index contributed by atoms with van der Waals surface area (Å²) < 4.78 is 0. The van der Waals surface area contributed by atoms with Gasteiger partial charge < -0.3 is 21.7 Å². The molecule has 0 aliphatic carbocycles. The highest BCUT2D eigenvalue weighted by Crippen LogP contribution is 2.35. The molecular formula is C28H40N6O3. The second-order valence-corrected chi connectivity index (χ2v) is 10.0. The lowest BCUT2D eigenvalue weighted by molar-refractivity contribution is -0.127. The van der Waals surface area contributed by atoms with Crippen LogP contribution in [0.1, 0.15) is 70.0 Å². The second kappa shape index (κ2) is 13.6. The van der Waals surface area contributed by atoms with Gasteiger partial charge in [-0.15, -0.1) is 0 Å². The molecule has 0 saturated heterocycles. The summed E-state index contributed by atoms with van der Waals surface area (Å²) in [5, 5.41) is 9.20. The van der Waals surface area contributed by atoms with Crippen LogP contribution in [0.25, 0.3) is 0 Å². The fraction of sp³-hybridized carbons (Fsp3) is 0.500. The molecule has 2 atom stereocenters. The van der Waals surface area contributed by atoms with Crippen molar-refractivity contribution >= 4 is 29.2 Å². The van der Waals surface area contributed by atoms with E-state index in [4.69, 9.17) is 5.73 Å². The third-order valence-corrected chi connectivity index (χ3v) is 6.51. The van der Waals surface area contributed by atoms with Crippen molar-refractivity contribution < 1.29 is 14.4 Å². The molecule has 2 heterocycles. The van der Waals surface area contributed by atoms with Crippen molar-refractivity contribution in [3.63, 3.8) is 0 Å². The number of primary amides is 1. The van der Waals surface area contributed by atoms with Crippen molar-refractivity contribution in [3.05, 3.63) is 53.9 Å². The van der Waals surface area contributed by atoms with E-state index in [1.807, 2.05) is 37.4 Å². The number of pyridine rings is 1. The van der Waals surface area contributed by atoms with E-state index in [9.17, 15) is 14.4 Å². The molecule has 1 aromatic heterocycles. The quantitative estimate of drug-likeness (QED) is 0.288. The molecule has 200 valence electrons. The summed E-state index contributed by atoms with van der Waals surface area (Å²) in [5.41, 5.74) is 9.26. The van der Waals surface area contributed by atoms with Gasteiger partial charge >= 0.3 is 6.03 Å². The fourth-order valence-electron chi connectivity index (χ4n) is 4.46. The van der Waals surface area contributed by atoms with E-state index < -0.39 is 18.0 Å². The number of amides is 4. The van der Waals surface area contributed by atoms with Crippen molar-refractivity contribution in [1.82, 2.24) is 15.6 Å². The van der Waals surface area contributed by atoms with Crippen molar-refractivity contribution in [1.29, 1.82) is 0 Å². The minimum absolute atomic E-state index is 0.0225. The number of nitrogens with one attached hydrogen (secondary N) is 3. The average Bonchev–Trinajstić information content (AvgIpc) is 2.86. The molecule has 1 aromatic carbocycles. The van der Waals surface area contributed by atoms with Gasteiger partial charge in [0.2, 0.25) is 11.8 Å². The van der Waals surface area contributed by atoms with E-state index in [0.29, 0.717) is 18.9 Å². The number of anilines is 2. The zero-order chi connectivity index (χ0) is 26.8. The fourth-order valence-corrected chi connectivity index (χ4v) is 4.46. The van der Waals surface area contributed by atoms with Gasteiger partial charge in [-0.05, 0) is 61.4 Å². The molecule has 0 saturated carbocycles. The van der Waals surface area contributed by atoms with Crippen LogP contribution in [-0.2, 0) is 16.0 Å². The number of rotatable bonds is 14. The molecule has 3 rings (SSSR count). The molecule has 1 aliphatic rings. The molecule has 37 heavy (non-hydrogen) atoms. The van der Waals surface area contributed by atoms with Crippen LogP contribution in [-0.4, -0.2) is 42.0 Å². The molecule has 0 radical (unpaired) electrons. The Morgan fingerprint density at radius 3 is 2.70 bits per heavy atom. The largest absolute Gasteiger partial charge is 0.385 e. The second-order valence-electron chi connectivity index (χ2n) is 10.0. The average molecular weight is 509 g/mol. The van der Waals surface area contributed by atoms with Crippen molar-refractivity contribution in [2.75, 3.05) is 23.3 Å². The van der Waals surface area contributed by atoms with Gasteiger partial charge in [0.25, 0.3) is 0 Å². The maximum atomic E-state index is 13.0. The molecule has 1 aliphatic heterocycles. The summed E-state index contributed by atoms with van der Waals surface area (Å²) >= 11 is 0. The van der Waals surface area contributed by atoms with E-state index in [1.54, 1.807) is 11.1 Å². The predicted molar refractivity (Wildman–Crippen MR) is 146 cm³/mol. The highest BCUT2D eigenvalue weighted by Gasteiger charge is 2.32. The summed E-state index contributed by atoms with van der Waals surface area (Å²) in [6, 6.07) is 8.50. The van der Waals surface area contributed by atoms with Crippen LogP contribution in [0, 0.1) is 5.92 Å². The van der Waals surface area contributed by atoms with E-state index in [1.165, 1.54) is 5.56 Å². The summed E-state index contributed by atoms with van der Waals surface area (Å²) in [7, 11) is 0. The van der Waals surface area contributed by atoms with E-state index in [-0.39, 0.29) is 18.4 Å². The van der Waals surface area contributed by atoms with Gasteiger partial charge in [-0.1, -0.05) is 33.3 Å². The van der Waals surface area contributed by atoms with Gasteiger partial charge in [0, 0.05) is 36.7 Å². The first-order chi connectivity index (χ1) is 17.8. The van der Waals surface area contributed by atoms with Crippen molar-refractivity contribution in [3.8, 4) is 0 Å². The summed E-state index contributed by atoms with van der Waals surface area (Å²) in [6.07, 6.45) is 7.60. The van der Waals surface area contributed by atoms with Gasteiger partial charge in [-0.2, -0.15) is 0 Å². The number of carbonyl (C=O) groups is 3. The van der Waals surface area contributed by atoms with Gasteiger partial charge in [-0.3, -0.25) is 19.5 Å². The van der Waals surface area contributed by atoms with Crippen LogP contribution in [0.15, 0.2) is 42.7 Å². The lowest BCUT2D eigenvalue weighted by Crippen LogP contribution is -2.49. The zero-order valence-electron chi connectivity index (χ0n) is 22.1. The molecule has 9 heteroatoms. The molecular weight excluding hydrogens is 468 g/mol. The summed E-state index contributed by atoms with van der Waals surface area (Å²) in [4.78, 5) is 43.5. The maximum Gasteiger partial charge on any atom is 0.322 e. The number of fused-ring (bicyclic) bond motifs is 1. The Balaban J connectivity index is 1.74. The third kappa shape index (κ3) is 8.20. The lowest BCUT2D eigenvalue weighted by atomic mass is 9.96. The standard InChI is InChI=1S/C28H40N6O3/c1-4-7-23(27(29)36)32-26(35)17-24-22-16-21(31-14-6-9-20-8-5-13-30-18-20)10-11-25(22)34(28(37)33-24)15-12-19(2)3/h5,8,10-11,13,16,18-19,23-24,31H,4,6-7,9,12,14-15,17H2,1-3H3,(H2,29,36)(H,32,35)(H,33,37). The maximum absolute atomic E-state index is 13.0. The van der Waals surface area contributed by atoms with Crippen LogP contribution in [0.5, 0.6) is 0 Å². The molecule has 9 nitrogen and oxygen atoms in total. The smallest absolute Gasteiger partial charge is 0.322 e. The molecule has 5 N–H and O–H groups in total. The Bertz CT molecular complexity index is 1060. The van der Waals surface area contributed by atoms with Crippen LogP contribution in [0.2, 0.25) is 0 Å². The van der Waals surface area contributed by atoms with Gasteiger partial charge in [-0.25, -0.2) is 4.79 Å². The molecule has 0 bridgehead atoms. The van der Waals surface area contributed by atoms with Crippen LogP contribution in [0.3, 0.4) is 0 Å². The number of aryl methyl sites for hydroxylation is 1. The lowest BCUT2D eigenvalue weighted by Gasteiger charge is -2.36. The van der Waals surface area contributed by atoms with Crippen molar-refractivity contribution in [2.24, 2.45) is 11.7 Å². The number of nitrogens with zero attached hydrogens (tertiary/aromatic N) is 2. The minimum atomic E-state index is -0.716. The number of hydrogen-bond donors (Lipinski definition) is 4. The van der Waals surface area contributed by atoms with Gasteiger partial charge in [0.1, 0.15) is 6.04 Å². The SMILES string of the molecule is CCCC(NC(=O)CC1NC(=O)N(CCC(C)C)c2ccc(NCCCc3cccnc3)cc21)C(N)=O. The van der Waals surface area contributed by atoms with E-state index in [2.05, 4.69) is 40.8 Å². The molecule has 2 unspecified atom stereocenters. The Kier molecular flexibility index (Phi) is 10.3. The monoisotopic (exact) mass is 508 g/mol. The first-order valence-electron chi connectivity index (χ1n) is 13.2. The third-order valence-electron chi connectivity index (χ3n) is 6.51. The molecule has 0 fully saturated rings. The first-order valence-corrected chi connectivity index (χ1v) is 13.2. The normalized spacial score (nSPS) is 15.6. The number of benzene rings is 1. The van der Waals surface area contributed by atoms with E-state index >= 15 is 0 Å². The van der Waals surface area contributed by atoms with Crippen LogP contribution >= 0.6 is 0 Å². The Morgan fingerprint density at radius 2 is 2.03 bits per heavy atom. The molecule has 2 aromatic rings. The Hall–Kier alpha value is -3.62. The highest BCUT2D eigenvalue weighted by molar-refractivity contribution is 5.97. The number of urea groups is 1. The number of aromatic nitrogens is 1. The summed E-state index contributed by atoms with van der Waals surface area (Å²) in [6.45, 7) is 7.55. The minimum Gasteiger partial charge on any atom is -0.385 e. The van der Waals surface area contributed by atoms with Crippen molar-refractivity contribution in [2.45, 2.75) is 71.4 Å². The summed E-state index contributed by atoms with van der Waals surface area (Å²) in [5.74, 6) is -0.426. The zero-order valence-corrected chi connectivity index (χ0v) is 22.1. The topological polar surface area (TPSA) is 129 Å².